The van der Waals surface area contributed by atoms with E-state index in [2.05, 4.69) is 28.8 Å². The van der Waals surface area contributed by atoms with Crippen molar-refractivity contribution < 1.29 is 9.47 Å². The summed E-state index contributed by atoms with van der Waals surface area (Å²) in [5.41, 5.74) is 2.34. The Morgan fingerprint density at radius 1 is 0.958 bits per heavy atom. The molecule has 4 nitrogen and oxygen atoms in total. The Bertz CT molecular complexity index is 597. The van der Waals surface area contributed by atoms with Crippen LogP contribution in [0, 0.1) is 0 Å². The normalized spacial score (nSPS) is 10.7. The number of hydrogen-bond acceptors (Lipinski definition) is 4. The molecule has 0 unspecified atom stereocenters. The predicted octanol–water partition coefficient (Wildman–Crippen LogP) is 4.07. The van der Waals surface area contributed by atoms with E-state index in [0.717, 1.165) is 36.8 Å². The highest BCUT2D eigenvalue weighted by Gasteiger charge is 1.99. The Kier molecular flexibility index (Phi) is 7.43. The minimum absolute atomic E-state index is 0.210. The van der Waals surface area contributed by atoms with Crippen molar-refractivity contribution in [3.05, 3.63) is 54.1 Å². The van der Waals surface area contributed by atoms with E-state index in [4.69, 9.17) is 9.47 Å². The lowest BCUT2D eigenvalue weighted by Gasteiger charge is -2.11. The number of hydrogen-bond donors (Lipinski definition) is 2. The zero-order valence-corrected chi connectivity index (χ0v) is 14.8. The Hall–Kier alpha value is -2.20. The fraction of sp³-hybridized carbons (Fsp3) is 0.400. The highest BCUT2D eigenvalue weighted by Crippen LogP contribution is 2.17. The Balaban J connectivity index is 1.66. The molecule has 0 aliphatic carbocycles. The minimum atomic E-state index is 0.210. The molecule has 0 saturated carbocycles. The van der Waals surface area contributed by atoms with Gasteiger partial charge in [0.15, 0.2) is 0 Å². The largest absolute Gasteiger partial charge is 0.494 e. The molecule has 0 heterocycles. The van der Waals surface area contributed by atoms with Crippen molar-refractivity contribution >= 4 is 5.69 Å². The van der Waals surface area contributed by atoms with Gasteiger partial charge in [-0.2, -0.15) is 0 Å². The van der Waals surface area contributed by atoms with Crippen LogP contribution in [0.15, 0.2) is 48.5 Å². The van der Waals surface area contributed by atoms with Gasteiger partial charge in [0.2, 0.25) is 0 Å². The maximum absolute atomic E-state index is 5.65. The van der Waals surface area contributed by atoms with Crippen LogP contribution in [-0.2, 0) is 6.54 Å². The molecule has 4 heteroatoms. The predicted molar refractivity (Wildman–Crippen MR) is 100 cm³/mol. The van der Waals surface area contributed by atoms with Gasteiger partial charge in [0.05, 0.1) is 12.7 Å². The smallest absolute Gasteiger partial charge is 0.121 e. The van der Waals surface area contributed by atoms with Gasteiger partial charge < -0.3 is 20.1 Å². The highest BCUT2D eigenvalue weighted by atomic mass is 16.5. The zero-order valence-electron chi connectivity index (χ0n) is 14.8. The average molecular weight is 328 g/mol. The van der Waals surface area contributed by atoms with Gasteiger partial charge in [0, 0.05) is 31.4 Å². The standard InChI is InChI=1S/C20H28N2O2/c1-4-23-20-7-5-6-18(14-20)22-13-12-21-15-17-8-10-19(11-9-17)24-16(2)3/h5-11,14,16,21-22H,4,12-13,15H2,1-3H3. The van der Waals surface area contributed by atoms with Crippen LogP contribution in [0.3, 0.4) is 0 Å². The molecule has 0 aliphatic heterocycles. The molecule has 130 valence electrons. The van der Waals surface area contributed by atoms with Crippen molar-refractivity contribution in [2.75, 3.05) is 25.0 Å². The molecule has 0 aromatic heterocycles. The SMILES string of the molecule is CCOc1cccc(NCCNCc2ccc(OC(C)C)cc2)c1. The molecule has 0 radical (unpaired) electrons. The molecule has 2 aromatic rings. The maximum atomic E-state index is 5.65. The van der Waals surface area contributed by atoms with Gasteiger partial charge in [-0.25, -0.2) is 0 Å². The van der Waals surface area contributed by atoms with Crippen LogP contribution in [0.4, 0.5) is 5.69 Å². The lowest BCUT2D eigenvalue weighted by molar-refractivity contribution is 0.242. The van der Waals surface area contributed by atoms with Crippen LogP contribution in [0.25, 0.3) is 0 Å². The number of benzene rings is 2. The molecular weight excluding hydrogens is 300 g/mol. The molecule has 0 aliphatic rings. The second-order valence-electron chi connectivity index (χ2n) is 5.87. The summed E-state index contributed by atoms with van der Waals surface area (Å²) in [6.07, 6.45) is 0.210. The molecule has 2 N–H and O–H groups in total. The van der Waals surface area contributed by atoms with Crippen molar-refractivity contribution in [2.45, 2.75) is 33.4 Å². The fourth-order valence-electron chi connectivity index (χ4n) is 2.35. The lowest BCUT2D eigenvalue weighted by Crippen LogP contribution is -2.21. The van der Waals surface area contributed by atoms with Gasteiger partial charge in [0.25, 0.3) is 0 Å². The molecule has 0 fully saturated rings. The van der Waals surface area contributed by atoms with Crippen molar-refractivity contribution in [2.24, 2.45) is 0 Å². The fourth-order valence-corrected chi connectivity index (χ4v) is 2.35. The summed E-state index contributed by atoms with van der Waals surface area (Å²) >= 11 is 0. The van der Waals surface area contributed by atoms with E-state index in [1.807, 2.05) is 51.1 Å². The van der Waals surface area contributed by atoms with Gasteiger partial charge in [-0.1, -0.05) is 18.2 Å². The first-order valence-corrected chi connectivity index (χ1v) is 8.60. The van der Waals surface area contributed by atoms with E-state index in [9.17, 15) is 0 Å². The Labute approximate surface area is 145 Å². The van der Waals surface area contributed by atoms with Gasteiger partial charge in [-0.05, 0) is 50.6 Å². The van der Waals surface area contributed by atoms with E-state index in [1.165, 1.54) is 5.56 Å². The van der Waals surface area contributed by atoms with Gasteiger partial charge in [-0.3, -0.25) is 0 Å². The third-order valence-electron chi connectivity index (χ3n) is 3.40. The Morgan fingerprint density at radius 2 is 1.75 bits per heavy atom. The lowest BCUT2D eigenvalue weighted by atomic mass is 10.2. The number of anilines is 1. The number of nitrogens with one attached hydrogen (secondary N) is 2. The Morgan fingerprint density at radius 3 is 2.46 bits per heavy atom. The van der Waals surface area contributed by atoms with Gasteiger partial charge in [-0.15, -0.1) is 0 Å². The number of rotatable bonds is 10. The minimum Gasteiger partial charge on any atom is -0.494 e. The second kappa shape index (κ2) is 9.83. The van der Waals surface area contributed by atoms with E-state index in [0.29, 0.717) is 6.61 Å². The van der Waals surface area contributed by atoms with Crippen molar-refractivity contribution in [3.8, 4) is 11.5 Å². The van der Waals surface area contributed by atoms with Crippen LogP contribution < -0.4 is 20.1 Å². The molecule has 2 rings (SSSR count). The molecule has 0 atom stereocenters. The molecule has 0 amide bonds. The van der Waals surface area contributed by atoms with Crippen molar-refractivity contribution in [1.82, 2.24) is 5.32 Å². The molecular formula is C20H28N2O2. The van der Waals surface area contributed by atoms with Crippen molar-refractivity contribution in [1.29, 1.82) is 0 Å². The van der Waals surface area contributed by atoms with E-state index < -0.39 is 0 Å². The number of ether oxygens (including phenoxy) is 2. The highest BCUT2D eigenvalue weighted by molar-refractivity contribution is 5.48. The van der Waals surface area contributed by atoms with Crippen LogP contribution in [-0.4, -0.2) is 25.8 Å². The first-order chi connectivity index (χ1) is 11.7. The van der Waals surface area contributed by atoms with Gasteiger partial charge in [0.1, 0.15) is 11.5 Å². The molecule has 2 aromatic carbocycles. The third kappa shape index (κ3) is 6.50. The third-order valence-corrected chi connectivity index (χ3v) is 3.40. The molecule has 0 saturated heterocycles. The summed E-state index contributed by atoms with van der Waals surface area (Å²) in [5, 5.41) is 6.84. The molecule has 0 bridgehead atoms. The van der Waals surface area contributed by atoms with Gasteiger partial charge >= 0.3 is 0 Å². The van der Waals surface area contributed by atoms with Crippen molar-refractivity contribution in [3.63, 3.8) is 0 Å². The summed E-state index contributed by atoms with van der Waals surface area (Å²) < 4.78 is 11.1. The summed E-state index contributed by atoms with van der Waals surface area (Å²) in [5.74, 6) is 1.82. The first kappa shape index (κ1) is 18.1. The van der Waals surface area contributed by atoms with Crippen LogP contribution in [0.5, 0.6) is 11.5 Å². The maximum Gasteiger partial charge on any atom is 0.121 e. The van der Waals surface area contributed by atoms with E-state index in [-0.39, 0.29) is 6.10 Å². The van der Waals surface area contributed by atoms with E-state index in [1.54, 1.807) is 0 Å². The average Bonchev–Trinajstić information content (AvgIpc) is 2.56. The van der Waals surface area contributed by atoms with Crippen LogP contribution >= 0.6 is 0 Å². The summed E-state index contributed by atoms with van der Waals surface area (Å²) in [7, 11) is 0. The van der Waals surface area contributed by atoms with Crippen LogP contribution in [0.1, 0.15) is 26.3 Å². The van der Waals surface area contributed by atoms with E-state index >= 15 is 0 Å². The summed E-state index contributed by atoms with van der Waals surface area (Å²) in [6, 6.07) is 16.3. The topological polar surface area (TPSA) is 42.5 Å². The molecule has 24 heavy (non-hydrogen) atoms. The second-order valence-corrected chi connectivity index (χ2v) is 5.87. The van der Waals surface area contributed by atoms with Crippen LogP contribution in [0.2, 0.25) is 0 Å². The zero-order chi connectivity index (χ0) is 17.2. The molecule has 0 spiro atoms. The monoisotopic (exact) mass is 328 g/mol. The quantitative estimate of drug-likeness (QED) is 0.645. The first-order valence-electron chi connectivity index (χ1n) is 8.60. The summed E-state index contributed by atoms with van der Waals surface area (Å²) in [4.78, 5) is 0. The summed E-state index contributed by atoms with van der Waals surface area (Å²) in [6.45, 7) is 9.35.